The van der Waals surface area contributed by atoms with Crippen molar-refractivity contribution in [2.24, 2.45) is 9.98 Å². The van der Waals surface area contributed by atoms with Gasteiger partial charge in [0.25, 0.3) is 13.4 Å². The lowest BCUT2D eigenvalue weighted by Crippen LogP contribution is -2.74. The first-order valence-electron chi connectivity index (χ1n) is 20.3. The molecule has 10 rings (SSSR count). The smallest absolute Gasteiger partial charge is 0.291 e. The normalized spacial score (nSPS) is 15.3. The lowest BCUT2D eigenvalue weighted by Gasteiger charge is -2.39. The van der Waals surface area contributed by atoms with Gasteiger partial charge in [0.1, 0.15) is 0 Å². The first kappa shape index (κ1) is 37.9. The van der Waals surface area contributed by atoms with Gasteiger partial charge < -0.3 is 14.4 Å². The van der Waals surface area contributed by atoms with E-state index in [2.05, 4.69) is 100 Å². The summed E-state index contributed by atoms with van der Waals surface area (Å²) in [4.78, 5) is 24.3. The maximum atomic E-state index is 16.3. The summed E-state index contributed by atoms with van der Waals surface area (Å²) in [5.41, 5.74) is 10.6. The van der Waals surface area contributed by atoms with Crippen molar-refractivity contribution in [2.45, 2.75) is 6.92 Å². The number of hydrogen-bond acceptors (Lipinski definition) is 6. The third-order valence-electron chi connectivity index (χ3n) is 11.6. The van der Waals surface area contributed by atoms with Crippen LogP contribution in [0.2, 0.25) is 0 Å². The molecule has 1 atom stereocenters. The highest BCUT2D eigenvalue weighted by molar-refractivity contribution is 7.88. The number of aromatic nitrogens is 2. The summed E-state index contributed by atoms with van der Waals surface area (Å²) in [6.45, 7) is 5.30. The first-order chi connectivity index (χ1) is 30.1. The fraction of sp³-hybridized carbons (Fsp3) is 0.0196. The second-order valence-electron chi connectivity index (χ2n) is 15.1. The van der Waals surface area contributed by atoms with Gasteiger partial charge in [-0.3, -0.25) is 4.99 Å². The average Bonchev–Trinajstić information content (AvgIpc) is 3.32. The number of benzene rings is 7. The number of anilines is 5. The van der Waals surface area contributed by atoms with Gasteiger partial charge in [-0.25, -0.2) is 15.0 Å². The molecular formula is C51H39B2N6OP. The van der Waals surface area contributed by atoms with E-state index in [1.165, 1.54) is 0 Å². The summed E-state index contributed by atoms with van der Waals surface area (Å²) in [5, 5.41) is 2.39. The molecule has 8 aromatic rings. The third kappa shape index (κ3) is 6.55. The van der Waals surface area contributed by atoms with Gasteiger partial charge in [0.05, 0.1) is 29.5 Å². The first-order valence-corrected chi connectivity index (χ1v) is 22.0. The Morgan fingerprint density at radius 3 is 1.57 bits per heavy atom. The van der Waals surface area contributed by atoms with E-state index in [0.717, 1.165) is 71.9 Å². The predicted molar refractivity (Wildman–Crippen MR) is 258 cm³/mol. The van der Waals surface area contributed by atoms with Gasteiger partial charge in [0.2, 0.25) is 0 Å². The van der Waals surface area contributed by atoms with Crippen molar-refractivity contribution in [1.82, 2.24) is 9.97 Å². The topological polar surface area (TPSA) is 74.1 Å². The van der Waals surface area contributed by atoms with Crippen molar-refractivity contribution < 1.29 is 4.57 Å². The zero-order chi connectivity index (χ0) is 41.3. The van der Waals surface area contributed by atoms with E-state index in [-0.39, 0.29) is 6.71 Å². The molecule has 7 nitrogen and oxygen atoms in total. The maximum absolute atomic E-state index is 16.3. The van der Waals surface area contributed by atoms with Crippen molar-refractivity contribution in [3.05, 3.63) is 212 Å². The Labute approximate surface area is 357 Å². The number of rotatable bonds is 9. The van der Waals surface area contributed by atoms with Crippen LogP contribution in [0.3, 0.4) is 0 Å². The van der Waals surface area contributed by atoms with E-state index in [1.54, 1.807) is 0 Å². The van der Waals surface area contributed by atoms with Crippen LogP contribution in [0.1, 0.15) is 6.92 Å². The Kier molecular flexibility index (Phi) is 9.95. The molecule has 0 bridgehead atoms. The van der Waals surface area contributed by atoms with Crippen LogP contribution in [-0.2, 0) is 4.57 Å². The number of amidine groups is 1. The molecule has 3 heterocycles. The number of allylic oxidation sites excluding steroid dienone is 1. The van der Waals surface area contributed by atoms with Crippen LogP contribution in [0.25, 0.3) is 0 Å². The number of para-hydroxylation sites is 4. The number of hydrogen-bond donors (Lipinski definition) is 0. The van der Waals surface area contributed by atoms with Crippen molar-refractivity contribution in [3.63, 3.8) is 0 Å². The van der Waals surface area contributed by atoms with E-state index in [0.29, 0.717) is 11.5 Å². The van der Waals surface area contributed by atoms with Crippen LogP contribution < -0.4 is 53.3 Å². The molecule has 0 aliphatic carbocycles. The van der Waals surface area contributed by atoms with E-state index in [1.807, 2.05) is 135 Å². The third-order valence-corrected chi connectivity index (χ3v) is 14.9. The molecule has 10 heteroatoms. The van der Waals surface area contributed by atoms with Gasteiger partial charge in [0.15, 0.2) is 7.14 Å². The van der Waals surface area contributed by atoms with Gasteiger partial charge in [-0.05, 0) is 62.2 Å². The second-order valence-corrected chi connectivity index (χ2v) is 17.7. The monoisotopic (exact) mass is 804 g/mol. The van der Waals surface area contributed by atoms with E-state index in [4.69, 9.17) is 15.0 Å². The molecule has 2 aliphatic heterocycles. The Morgan fingerprint density at radius 2 is 1.02 bits per heavy atom. The minimum absolute atomic E-state index is 0.375. The summed E-state index contributed by atoms with van der Waals surface area (Å²) in [5.74, 6) is 0. The largest absolute Gasteiger partial charge is 0.313 e. The Morgan fingerprint density at radius 1 is 0.557 bits per heavy atom. The molecule has 61 heavy (non-hydrogen) atoms. The van der Waals surface area contributed by atoms with Gasteiger partial charge in [0, 0.05) is 50.6 Å². The summed E-state index contributed by atoms with van der Waals surface area (Å²) in [6.07, 6.45) is 5.64. The average molecular weight is 805 g/mol. The summed E-state index contributed by atoms with van der Waals surface area (Å²) in [7, 11) is -3.40. The molecule has 1 aromatic heterocycles. The summed E-state index contributed by atoms with van der Waals surface area (Å²) < 4.78 is 16.3. The standard InChI is InChI=1S/C51H39B2N6OP/c1-37(58(38-20-7-3-8-21-38)39-22-9-4-10-23-39)34-55-50(54-2)52-43-28-15-17-32-47(43)61(60)48-33-18-16-29-44(48)53(46-31-19-30-45(52)49(46)61)51-56-35-42(36-57-51)59(40-24-11-5-12-25-40)41-26-13-6-14-27-41/h3-36H,2H2,1H3/b37-34+,55-50-. The number of nitrogens with zero attached hydrogens (tertiary/aromatic N) is 6. The zero-order valence-electron chi connectivity index (χ0n) is 33.5. The lowest BCUT2D eigenvalue weighted by molar-refractivity contribution is 0.592. The molecular weight excluding hydrogens is 765 g/mol. The molecule has 0 radical (unpaired) electrons. The van der Waals surface area contributed by atoms with Gasteiger partial charge >= 0.3 is 0 Å². The van der Waals surface area contributed by atoms with Crippen LogP contribution in [0.5, 0.6) is 0 Å². The fourth-order valence-electron chi connectivity index (χ4n) is 9.04. The summed E-state index contributed by atoms with van der Waals surface area (Å²) in [6, 6.07) is 63.3. The van der Waals surface area contributed by atoms with Gasteiger partial charge in [-0.15, -0.1) is 0 Å². The minimum atomic E-state index is -3.40. The zero-order valence-corrected chi connectivity index (χ0v) is 34.4. The predicted octanol–water partition coefficient (Wildman–Crippen LogP) is 6.68. The van der Waals surface area contributed by atoms with Crippen molar-refractivity contribution in [2.75, 3.05) is 9.80 Å². The SMILES string of the molecule is C=N/C(=N\C=C(/C)N(c1ccccc1)c1ccccc1)B1c2ccccc2P2(=O)c3ccccc3B(c3ncc(N(c4ccccc4)c4ccccc4)cn3)c3cccc1c32. The molecule has 290 valence electrons. The van der Waals surface area contributed by atoms with Crippen LogP contribution in [0, 0.1) is 0 Å². The minimum Gasteiger partial charge on any atom is -0.313 e. The second kappa shape index (κ2) is 16.0. The highest BCUT2D eigenvalue weighted by atomic mass is 31.2. The van der Waals surface area contributed by atoms with Crippen LogP contribution in [-0.4, -0.2) is 35.8 Å². The van der Waals surface area contributed by atoms with Crippen LogP contribution >= 0.6 is 7.14 Å². The molecule has 0 spiro atoms. The van der Waals surface area contributed by atoms with E-state index < -0.39 is 13.9 Å². The molecule has 2 aliphatic rings. The fourth-order valence-corrected chi connectivity index (χ4v) is 12.6. The molecule has 0 saturated heterocycles. The molecule has 1 unspecified atom stereocenters. The Balaban J connectivity index is 1.12. The highest BCUT2D eigenvalue weighted by Crippen LogP contribution is 2.44. The Hall–Kier alpha value is -7.34. The summed E-state index contributed by atoms with van der Waals surface area (Å²) >= 11 is 0. The van der Waals surface area contributed by atoms with Crippen LogP contribution in [0.4, 0.5) is 28.4 Å². The molecule has 0 amide bonds. The van der Waals surface area contributed by atoms with Crippen LogP contribution in [0.15, 0.2) is 222 Å². The maximum Gasteiger partial charge on any atom is 0.291 e. The van der Waals surface area contributed by atoms with Gasteiger partial charge in [-0.1, -0.05) is 161 Å². The molecule has 0 N–H and O–H groups in total. The van der Waals surface area contributed by atoms with Crippen molar-refractivity contribution >= 4 is 105 Å². The van der Waals surface area contributed by atoms with E-state index >= 15 is 4.57 Å². The molecule has 7 aromatic carbocycles. The van der Waals surface area contributed by atoms with Gasteiger partial charge in [-0.2, -0.15) is 0 Å². The Bertz CT molecular complexity index is 2920. The number of aliphatic imine (C=N–C) groups is 2. The number of fused-ring (bicyclic) bond motifs is 4. The molecule has 0 fully saturated rings. The van der Waals surface area contributed by atoms with Crippen molar-refractivity contribution in [3.8, 4) is 0 Å². The highest BCUT2D eigenvalue weighted by Gasteiger charge is 2.52. The molecule has 0 saturated carbocycles. The van der Waals surface area contributed by atoms with Crippen molar-refractivity contribution in [1.29, 1.82) is 0 Å². The van der Waals surface area contributed by atoms with E-state index in [9.17, 15) is 0 Å². The quantitative estimate of drug-likeness (QED) is 0.0706. The lowest BCUT2D eigenvalue weighted by atomic mass is 9.35.